The number of ether oxygens (including phenoxy) is 2. The molecular weight excluding hydrogens is 726 g/mol. The molecule has 12 heteroatoms. The van der Waals surface area contributed by atoms with Gasteiger partial charge in [-0.05, 0) is 110 Å². The fraction of sp³-hybridized carbons (Fsp3) is 0.190. The van der Waals surface area contributed by atoms with E-state index in [2.05, 4.69) is 13.2 Å². The van der Waals surface area contributed by atoms with Crippen molar-refractivity contribution >= 4 is 15.6 Å². The lowest BCUT2D eigenvalue weighted by atomic mass is 10.1. The molecule has 0 saturated heterocycles. The number of methoxy groups -OCH3 is 2. The summed E-state index contributed by atoms with van der Waals surface area (Å²) in [7, 11) is -6.12. The van der Waals surface area contributed by atoms with Crippen LogP contribution in [0.2, 0.25) is 0 Å². The van der Waals surface area contributed by atoms with Gasteiger partial charge in [0.1, 0.15) is 23.0 Å². The van der Waals surface area contributed by atoms with Gasteiger partial charge in [-0.15, -0.1) is 13.2 Å². The van der Waals surface area contributed by atoms with Gasteiger partial charge in [0, 0.05) is 6.07 Å². The van der Waals surface area contributed by atoms with Crippen LogP contribution < -0.4 is 36.6 Å². The predicted octanol–water partition coefficient (Wildman–Crippen LogP) is 11.7. The molecule has 5 aromatic rings. The molecule has 0 aliphatic carbocycles. The predicted molar refractivity (Wildman–Crippen MR) is 211 cm³/mol. The van der Waals surface area contributed by atoms with Crippen molar-refractivity contribution in [3.63, 3.8) is 0 Å². The highest BCUT2D eigenvalue weighted by Gasteiger charge is 2.38. The molecule has 54 heavy (non-hydrogen) atoms. The number of para-hydroxylation sites is 2. The Hall–Kier alpha value is -5.56. The molecule has 0 amide bonds. The van der Waals surface area contributed by atoms with Crippen molar-refractivity contribution < 1.29 is 45.7 Å². The van der Waals surface area contributed by atoms with E-state index in [-0.39, 0.29) is 23.0 Å². The van der Waals surface area contributed by atoms with Crippen molar-refractivity contribution in [3.8, 4) is 46.0 Å². The molecule has 0 N–H and O–H groups in total. The topological polar surface area (TPSA) is 108 Å². The first-order chi connectivity index (χ1) is 25.9. The maximum atomic E-state index is 14.7. The zero-order chi connectivity index (χ0) is 38.9. The van der Waals surface area contributed by atoms with E-state index in [4.69, 9.17) is 36.6 Å². The van der Waals surface area contributed by atoms with Crippen LogP contribution in [-0.2, 0) is 22.0 Å². The Kier molecular flexibility index (Phi) is 12.9. The Morgan fingerprint density at radius 1 is 0.481 bits per heavy atom. The number of allylic oxidation sites excluding steroid dienone is 2. The average molecular weight is 771 g/mol. The maximum Gasteiger partial charge on any atom is 0.647 e. The molecule has 5 aromatic carbocycles. The van der Waals surface area contributed by atoms with Gasteiger partial charge < -0.3 is 36.6 Å². The average Bonchev–Trinajstić information content (AvgIpc) is 3.13. The number of hydrogen-bond acceptors (Lipinski definition) is 10. The van der Waals surface area contributed by atoms with Crippen molar-refractivity contribution in [2.75, 3.05) is 14.2 Å². The smallest absolute Gasteiger partial charge is 0.493 e. The summed E-state index contributed by atoms with van der Waals surface area (Å²) < 4.78 is 76.9. The second-order valence-electron chi connectivity index (χ2n) is 12.3. The molecule has 2 unspecified atom stereocenters. The van der Waals surface area contributed by atoms with Crippen molar-refractivity contribution in [1.29, 1.82) is 0 Å². The summed E-state index contributed by atoms with van der Waals surface area (Å²) in [5, 5.41) is 0. The Bertz CT molecular complexity index is 2040. The van der Waals surface area contributed by atoms with Crippen LogP contribution in [0.3, 0.4) is 0 Å². The van der Waals surface area contributed by atoms with E-state index in [9.17, 15) is 9.13 Å². The summed E-state index contributed by atoms with van der Waals surface area (Å²) in [6.45, 7) is 14.9. The largest absolute Gasteiger partial charge is 0.647 e. The van der Waals surface area contributed by atoms with Crippen LogP contribution in [0.25, 0.3) is 0 Å². The highest BCUT2D eigenvalue weighted by molar-refractivity contribution is 7.50. The third-order valence-electron chi connectivity index (χ3n) is 8.10. The molecule has 0 bridgehead atoms. The minimum absolute atomic E-state index is 0.00861. The Morgan fingerprint density at radius 2 is 0.852 bits per heavy atom. The Labute approximate surface area is 317 Å². The van der Waals surface area contributed by atoms with Crippen LogP contribution in [-0.4, -0.2) is 14.2 Å². The maximum absolute atomic E-state index is 14.7. The zero-order valence-corrected chi connectivity index (χ0v) is 33.0. The summed E-state index contributed by atoms with van der Waals surface area (Å²) in [4.78, 5) is 0. The molecule has 0 spiro atoms. The highest BCUT2D eigenvalue weighted by atomic mass is 31.2. The molecule has 5 rings (SSSR count). The zero-order valence-electron chi connectivity index (χ0n) is 31.2. The summed E-state index contributed by atoms with van der Waals surface area (Å²) >= 11 is 0. The molecule has 0 aromatic heterocycles. The molecule has 0 aliphatic rings. The number of rotatable bonds is 18. The van der Waals surface area contributed by atoms with Crippen LogP contribution in [0.1, 0.15) is 33.4 Å². The minimum atomic E-state index is -4.54. The van der Waals surface area contributed by atoms with E-state index in [0.717, 1.165) is 11.1 Å². The molecule has 2 atom stereocenters. The molecule has 0 aliphatic heterocycles. The fourth-order valence-corrected chi connectivity index (χ4v) is 8.24. The van der Waals surface area contributed by atoms with E-state index >= 15 is 0 Å². The van der Waals surface area contributed by atoms with Crippen molar-refractivity contribution in [2.45, 2.75) is 40.5 Å². The summed E-state index contributed by atoms with van der Waals surface area (Å²) in [5.41, 5.74) is 4.66. The summed E-state index contributed by atoms with van der Waals surface area (Å²) in [6, 6.07) is 27.4. The molecule has 0 fully saturated rings. The molecule has 0 heterocycles. The van der Waals surface area contributed by atoms with Crippen LogP contribution in [0.4, 0.5) is 0 Å². The lowest BCUT2D eigenvalue weighted by Gasteiger charge is -2.23. The van der Waals surface area contributed by atoms with Gasteiger partial charge in [0.15, 0.2) is 23.0 Å². The second kappa shape index (κ2) is 17.5. The van der Waals surface area contributed by atoms with Crippen molar-refractivity contribution in [1.82, 2.24) is 0 Å². The molecule has 282 valence electrons. The van der Waals surface area contributed by atoms with E-state index < -0.39 is 15.6 Å². The fourth-order valence-electron chi connectivity index (χ4n) is 5.47. The van der Waals surface area contributed by atoms with Gasteiger partial charge in [0.2, 0.25) is 0 Å². The Morgan fingerprint density at radius 3 is 1.20 bits per heavy atom. The number of phosphoric acid groups is 2. The first-order valence-electron chi connectivity index (χ1n) is 17.0. The van der Waals surface area contributed by atoms with Crippen molar-refractivity contribution in [3.05, 3.63) is 156 Å². The van der Waals surface area contributed by atoms with Gasteiger partial charge in [-0.3, -0.25) is 0 Å². The third-order valence-corrected chi connectivity index (χ3v) is 10.6. The summed E-state index contributed by atoms with van der Waals surface area (Å²) in [5.74, 6) is 1.54. The normalized spacial score (nSPS) is 13.0. The number of benzene rings is 5. The van der Waals surface area contributed by atoms with E-state index in [1.807, 2.05) is 64.1 Å². The first kappa shape index (κ1) is 39.6. The van der Waals surface area contributed by atoms with Crippen molar-refractivity contribution in [2.24, 2.45) is 0 Å². The van der Waals surface area contributed by atoms with E-state index in [1.54, 1.807) is 54.6 Å². The van der Waals surface area contributed by atoms with Gasteiger partial charge in [0.25, 0.3) is 0 Å². The van der Waals surface area contributed by atoms with Gasteiger partial charge in [-0.1, -0.05) is 66.7 Å². The quantitative estimate of drug-likeness (QED) is 0.0631. The number of aryl methyl sites for hydroxylation is 4. The van der Waals surface area contributed by atoms with Crippen LogP contribution >= 0.6 is 15.6 Å². The monoisotopic (exact) mass is 770 g/mol. The minimum Gasteiger partial charge on any atom is -0.493 e. The summed E-state index contributed by atoms with van der Waals surface area (Å²) in [6.07, 6.45) is 4.70. The molecule has 10 nitrogen and oxygen atoms in total. The second-order valence-corrected chi connectivity index (χ2v) is 15.2. The van der Waals surface area contributed by atoms with Gasteiger partial charge in [-0.2, -0.15) is 9.13 Å². The van der Waals surface area contributed by atoms with Crippen LogP contribution in [0.5, 0.6) is 46.0 Å². The Balaban J connectivity index is 1.52. The highest BCUT2D eigenvalue weighted by Crippen LogP contribution is 2.55. The SMILES string of the molecule is C=CCc1ccc(OP(=O)(Oc2cccc(OP(=O)(Oc3ccc(CC=C)cc3OC)Oc3c(C)cccc3C)c2)Oc2c(C)cccc2C)c(OC)c1. The van der Waals surface area contributed by atoms with Crippen LogP contribution in [0, 0.1) is 27.7 Å². The molecule has 0 radical (unpaired) electrons. The third kappa shape index (κ3) is 9.90. The van der Waals surface area contributed by atoms with Gasteiger partial charge in [0.05, 0.1) is 14.2 Å². The lowest BCUT2D eigenvalue weighted by Crippen LogP contribution is -2.11. The first-order valence-corrected chi connectivity index (χ1v) is 20.0. The van der Waals surface area contributed by atoms with Crippen LogP contribution in [0.15, 0.2) is 122 Å². The van der Waals surface area contributed by atoms with Gasteiger partial charge >= 0.3 is 15.6 Å². The van der Waals surface area contributed by atoms with E-state index in [0.29, 0.717) is 58.1 Å². The molecule has 0 saturated carbocycles. The number of phosphoric ester groups is 2. The molecular formula is C42H44O10P2. The van der Waals surface area contributed by atoms with Gasteiger partial charge in [-0.25, -0.2) is 0 Å². The lowest BCUT2D eigenvalue weighted by molar-refractivity contribution is 0.286. The van der Waals surface area contributed by atoms with E-state index in [1.165, 1.54) is 32.4 Å². The number of hydrogen-bond donors (Lipinski definition) is 0. The standard InChI is InChI=1S/C42H44O10P2/c1-9-14-33-22-24-37(39(26-33)45-7)49-53(43,51-41-29(3)16-11-17-30(41)4)47-35-20-13-21-36(28-35)48-54(44,52-42-31(5)18-12-19-32(42)6)50-38-25-23-34(15-10-2)27-40(38)46-8/h9-13,16-28H,1-2,14-15H2,3-8H3.